The Morgan fingerprint density at radius 3 is 2.28 bits per heavy atom. The average Bonchev–Trinajstić information content (AvgIpc) is 3.07. The van der Waals surface area contributed by atoms with Crippen LogP contribution in [0.25, 0.3) is 10.9 Å². The Balaban J connectivity index is 1.92. The van der Waals surface area contributed by atoms with E-state index in [9.17, 15) is 9.59 Å². The third kappa shape index (κ3) is 2.88. The molecule has 8 heteroatoms. The Morgan fingerprint density at radius 2 is 1.69 bits per heavy atom. The fraction of sp³-hybridized carbons (Fsp3) is 0.524. The monoisotopic (exact) mass is 399 g/mol. The number of carbonyl (C=O) groups excluding carboxylic acids is 2. The van der Waals surface area contributed by atoms with Crippen molar-refractivity contribution in [1.82, 2.24) is 4.57 Å². The summed E-state index contributed by atoms with van der Waals surface area (Å²) in [5.74, 6) is -0.566. The normalized spacial score (nSPS) is 21.3. The zero-order valence-electron chi connectivity index (χ0n) is 17.9. The van der Waals surface area contributed by atoms with Gasteiger partial charge in [-0.1, -0.05) is 12.1 Å². The largest absolute Gasteiger partial charge is 0.494 e. The number of rotatable bonds is 3. The van der Waals surface area contributed by atoms with E-state index in [0.717, 1.165) is 16.4 Å². The molecule has 1 fully saturated rings. The maximum absolute atomic E-state index is 12.7. The first-order valence-corrected chi connectivity index (χ1v) is 9.84. The molecule has 0 unspecified atom stereocenters. The van der Waals surface area contributed by atoms with Crippen LogP contribution in [-0.2, 0) is 24.4 Å². The molecule has 2 aromatic rings. The zero-order valence-corrected chi connectivity index (χ0v) is 17.9. The number of cyclic esters (lactones) is 1. The van der Waals surface area contributed by atoms with Gasteiger partial charge in [-0.05, 0) is 60.0 Å². The lowest BCUT2D eigenvalue weighted by atomic mass is 9.76. The standard InChI is InChI=1S/C21H26BNO6/c1-8-26-17(24)15-10-12-9-13(22-28-20(4,5)21(6,7)29-22)11-14-16(12)23(15)18(25)27-19(14,2)3/h9-11H,8H2,1-7H3. The van der Waals surface area contributed by atoms with Gasteiger partial charge in [0.15, 0.2) is 0 Å². The molecule has 3 heterocycles. The first-order chi connectivity index (χ1) is 13.4. The van der Waals surface area contributed by atoms with E-state index in [2.05, 4.69) is 0 Å². The molecule has 1 aromatic heterocycles. The molecule has 0 bridgehead atoms. The summed E-state index contributed by atoms with van der Waals surface area (Å²) in [4.78, 5) is 25.1. The van der Waals surface area contributed by atoms with Crippen molar-refractivity contribution in [3.05, 3.63) is 29.5 Å². The third-order valence-corrected chi connectivity index (χ3v) is 6.10. The molecule has 0 N–H and O–H groups in total. The SMILES string of the molecule is CCOC(=O)c1cc2cc(B3OC(C)(C)C(C)(C)O3)cc3c2n1C(=O)OC3(C)C. The van der Waals surface area contributed by atoms with Crippen molar-refractivity contribution < 1.29 is 28.4 Å². The molecular formula is C21H26BNO6. The second kappa shape index (κ2) is 6.09. The molecule has 154 valence electrons. The van der Waals surface area contributed by atoms with Gasteiger partial charge in [-0.2, -0.15) is 0 Å². The van der Waals surface area contributed by atoms with Gasteiger partial charge in [0.25, 0.3) is 0 Å². The van der Waals surface area contributed by atoms with Crippen LogP contribution in [0.4, 0.5) is 4.79 Å². The van der Waals surface area contributed by atoms with Crippen LogP contribution in [-0.4, -0.2) is 41.6 Å². The number of esters is 1. The van der Waals surface area contributed by atoms with Crippen LogP contribution in [0.15, 0.2) is 18.2 Å². The van der Waals surface area contributed by atoms with Gasteiger partial charge in [0.1, 0.15) is 11.3 Å². The van der Waals surface area contributed by atoms with Crippen molar-refractivity contribution in [3.63, 3.8) is 0 Å². The highest BCUT2D eigenvalue weighted by atomic mass is 16.7. The van der Waals surface area contributed by atoms with Crippen molar-refractivity contribution in [3.8, 4) is 0 Å². The van der Waals surface area contributed by atoms with E-state index in [0.29, 0.717) is 5.52 Å². The molecule has 0 amide bonds. The van der Waals surface area contributed by atoms with Gasteiger partial charge >= 0.3 is 19.2 Å². The van der Waals surface area contributed by atoms with Gasteiger partial charge in [0.05, 0.1) is 23.3 Å². The molecule has 29 heavy (non-hydrogen) atoms. The minimum absolute atomic E-state index is 0.148. The lowest BCUT2D eigenvalue weighted by molar-refractivity contribution is 0.00578. The fourth-order valence-corrected chi connectivity index (χ4v) is 3.81. The van der Waals surface area contributed by atoms with Crippen LogP contribution in [0, 0.1) is 0 Å². The molecule has 1 aromatic carbocycles. The lowest BCUT2D eigenvalue weighted by Gasteiger charge is -2.32. The number of nitrogens with zero attached hydrogens (tertiary/aromatic N) is 1. The number of carbonyl (C=O) groups is 2. The highest BCUT2D eigenvalue weighted by Gasteiger charge is 2.52. The van der Waals surface area contributed by atoms with Crippen LogP contribution in [0.3, 0.4) is 0 Å². The van der Waals surface area contributed by atoms with Crippen LogP contribution in [0.5, 0.6) is 0 Å². The van der Waals surface area contributed by atoms with Gasteiger partial charge in [-0.3, -0.25) is 0 Å². The van der Waals surface area contributed by atoms with Gasteiger partial charge in [0, 0.05) is 10.9 Å². The summed E-state index contributed by atoms with van der Waals surface area (Å²) in [7, 11) is -0.566. The van der Waals surface area contributed by atoms with Crippen molar-refractivity contribution in [2.24, 2.45) is 0 Å². The number of aromatic nitrogens is 1. The van der Waals surface area contributed by atoms with Crippen molar-refractivity contribution >= 4 is 35.5 Å². The number of hydrogen-bond acceptors (Lipinski definition) is 6. The third-order valence-electron chi connectivity index (χ3n) is 6.10. The first-order valence-electron chi connectivity index (χ1n) is 9.84. The van der Waals surface area contributed by atoms with Gasteiger partial charge in [-0.15, -0.1) is 0 Å². The molecule has 2 aliphatic rings. The first kappa shape index (κ1) is 20.0. The fourth-order valence-electron chi connectivity index (χ4n) is 3.81. The number of ether oxygens (including phenoxy) is 2. The van der Waals surface area contributed by atoms with Crippen molar-refractivity contribution in [2.45, 2.75) is 65.3 Å². The molecule has 4 rings (SSSR count). The Labute approximate surface area is 170 Å². The van der Waals surface area contributed by atoms with Crippen LogP contribution in [0.1, 0.15) is 64.5 Å². The Morgan fingerprint density at radius 1 is 1.07 bits per heavy atom. The maximum atomic E-state index is 12.7. The van der Waals surface area contributed by atoms with Gasteiger partial charge < -0.3 is 18.8 Å². The predicted octanol–water partition coefficient (Wildman–Crippen LogP) is 3.35. The summed E-state index contributed by atoms with van der Waals surface area (Å²) in [6, 6.07) is 5.49. The van der Waals surface area contributed by atoms with Gasteiger partial charge in [0.2, 0.25) is 0 Å². The van der Waals surface area contributed by atoms with Crippen LogP contribution in [0.2, 0.25) is 0 Å². The molecular weight excluding hydrogens is 373 g/mol. The van der Waals surface area contributed by atoms with E-state index in [1.54, 1.807) is 13.0 Å². The Kier molecular flexibility index (Phi) is 4.20. The van der Waals surface area contributed by atoms with Crippen molar-refractivity contribution in [1.29, 1.82) is 0 Å². The quantitative estimate of drug-likeness (QED) is 0.582. The smallest absolute Gasteiger partial charge is 0.461 e. The molecule has 0 atom stereocenters. The summed E-state index contributed by atoms with van der Waals surface area (Å²) < 4.78 is 24.5. The minimum Gasteiger partial charge on any atom is -0.461 e. The number of hydrogen-bond donors (Lipinski definition) is 0. The Bertz CT molecular complexity index is 1020. The molecule has 0 aliphatic carbocycles. The lowest BCUT2D eigenvalue weighted by Crippen LogP contribution is -2.41. The second-order valence-corrected chi connectivity index (χ2v) is 9.06. The minimum atomic E-state index is -0.866. The van der Waals surface area contributed by atoms with Crippen LogP contribution >= 0.6 is 0 Å². The predicted molar refractivity (Wildman–Crippen MR) is 109 cm³/mol. The van der Waals surface area contributed by atoms with E-state index in [1.165, 1.54) is 4.57 Å². The maximum Gasteiger partial charge on any atom is 0.494 e. The highest BCUT2D eigenvalue weighted by molar-refractivity contribution is 6.62. The van der Waals surface area contributed by atoms with Crippen LogP contribution < -0.4 is 5.46 Å². The van der Waals surface area contributed by atoms with Crippen molar-refractivity contribution in [2.75, 3.05) is 6.61 Å². The summed E-state index contributed by atoms with van der Waals surface area (Å²) in [5.41, 5.74) is 0.570. The summed E-state index contributed by atoms with van der Waals surface area (Å²) in [6.07, 6.45) is -0.594. The molecule has 0 spiro atoms. The molecule has 0 radical (unpaired) electrons. The summed E-state index contributed by atoms with van der Waals surface area (Å²) in [5, 5.41) is 0.736. The number of benzene rings is 1. The summed E-state index contributed by atoms with van der Waals surface area (Å²) in [6.45, 7) is 13.6. The van der Waals surface area contributed by atoms with E-state index in [1.807, 2.05) is 53.7 Å². The second-order valence-electron chi connectivity index (χ2n) is 9.06. The molecule has 7 nitrogen and oxygen atoms in total. The topological polar surface area (TPSA) is 76.0 Å². The summed E-state index contributed by atoms with van der Waals surface area (Å²) >= 11 is 0. The zero-order chi connectivity index (χ0) is 21.4. The molecule has 1 saturated heterocycles. The van der Waals surface area contributed by atoms with E-state index >= 15 is 0 Å². The average molecular weight is 399 g/mol. The van der Waals surface area contributed by atoms with E-state index < -0.39 is 36.0 Å². The van der Waals surface area contributed by atoms with Gasteiger partial charge in [-0.25, -0.2) is 14.2 Å². The molecule has 0 saturated carbocycles. The van der Waals surface area contributed by atoms with E-state index in [-0.39, 0.29) is 12.3 Å². The Hall–Kier alpha value is -2.32. The highest BCUT2D eigenvalue weighted by Crippen LogP contribution is 2.40. The van der Waals surface area contributed by atoms with E-state index in [4.69, 9.17) is 18.8 Å². The molecule has 2 aliphatic heterocycles.